The molecule has 2 aromatic heterocycles. The van der Waals surface area contributed by atoms with E-state index >= 15 is 0 Å². The van der Waals surface area contributed by atoms with Crippen molar-refractivity contribution in [2.24, 2.45) is 12.0 Å². The highest BCUT2D eigenvalue weighted by Crippen LogP contribution is 2.28. The normalized spacial score (nSPS) is 14.3. The van der Waals surface area contributed by atoms with Crippen molar-refractivity contribution in [3.05, 3.63) is 47.8 Å². The molecule has 3 aromatic rings. The summed E-state index contributed by atoms with van der Waals surface area (Å²) in [5.74, 6) is 1.25. The van der Waals surface area contributed by atoms with Gasteiger partial charge in [0.05, 0.1) is 24.9 Å². The quantitative estimate of drug-likeness (QED) is 0.804. The smallest absolute Gasteiger partial charge is 0.241 e. The molecule has 0 saturated heterocycles. The average Bonchev–Trinajstić information content (AvgIpc) is 3.08. The molecule has 0 amide bonds. The number of hydrogen-bond donors (Lipinski definition) is 1. The summed E-state index contributed by atoms with van der Waals surface area (Å²) >= 11 is 0. The zero-order valence-corrected chi connectivity index (χ0v) is 13.9. The molecule has 1 aliphatic rings. The van der Waals surface area contributed by atoms with Crippen LogP contribution in [0.15, 0.2) is 41.5 Å². The van der Waals surface area contributed by atoms with E-state index in [4.69, 9.17) is 6.11 Å². The number of pyridine rings is 1. The van der Waals surface area contributed by atoms with Crippen molar-refractivity contribution >= 4 is 22.4 Å². The number of aliphatic imine (C=N–C) groups is 1. The van der Waals surface area contributed by atoms with Crippen LogP contribution in [0.4, 0.5) is 5.69 Å². The lowest BCUT2D eigenvalue weighted by atomic mass is 10.2. The van der Waals surface area contributed by atoms with Crippen LogP contribution in [-0.4, -0.2) is 26.7 Å². The molecule has 122 valence electrons. The fraction of sp³-hybridized carbons (Fsp3) is 0.278. The van der Waals surface area contributed by atoms with Crippen LogP contribution in [0.5, 0.6) is 5.88 Å². The molecule has 0 unspecified atom stereocenters. The van der Waals surface area contributed by atoms with Crippen molar-refractivity contribution in [1.82, 2.24) is 14.8 Å². The van der Waals surface area contributed by atoms with Crippen molar-refractivity contribution in [2.75, 3.05) is 5.32 Å². The van der Waals surface area contributed by atoms with Gasteiger partial charge in [0.25, 0.3) is 0 Å². The van der Waals surface area contributed by atoms with Crippen LogP contribution in [0.25, 0.3) is 10.9 Å². The van der Waals surface area contributed by atoms with Crippen LogP contribution >= 0.6 is 0 Å². The third kappa shape index (κ3) is 2.50. The highest BCUT2D eigenvalue weighted by molar-refractivity contribution is 6.09. The van der Waals surface area contributed by atoms with Gasteiger partial charge in [0.15, 0.2) is 5.84 Å². The van der Waals surface area contributed by atoms with Gasteiger partial charge < -0.3 is 10.1 Å². The molecule has 0 atom stereocenters. The zero-order valence-electron chi connectivity index (χ0n) is 14.9. The lowest BCUT2D eigenvalue weighted by Gasteiger charge is -2.08. The Hall–Kier alpha value is -2.89. The Bertz CT molecular complexity index is 987. The molecular weight excluding hydrogens is 302 g/mol. The largest absolute Gasteiger partial charge is 0.473 e. The van der Waals surface area contributed by atoms with E-state index in [9.17, 15) is 0 Å². The standard InChI is InChI=1S/C18H19N5O/c1-11(2)24-18-14-7-6-13(9-15(14)23(3)22-18)21-17-16-12(10-20-17)5-4-8-19-16/h4-9,11H,10H2,1-3H3,(H,20,21)/i11D. The first kappa shape index (κ1) is 13.5. The van der Waals surface area contributed by atoms with Gasteiger partial charge in [0.2, 0.25) is 5.88 Å². The van der Waals surface area contributed by atoms with Gasteiger partial charge in [-0.3, -0.25) is 14.7 Å². The Morgan fingerprint density at radius 2 is 2.21 bits per heavy atom. The van der Waals surface area contributed by atoms with Gasteiger partial charge in [-0.05, 0) is 38.1 Å². The maximum Gasteiger partial charge on any atom is 0.241 e. The van der Waals surface area contributed by atoms with Crippen LogP contribution in [0.3, 0.4) is 0 Å². The first-order chi connectivity index (χ1) is 11.9. The first-order valence-electron chi connectivity index (χ1n) is 8.32. The molecule has 3 heterocycles. The minimum Gasteiger partial charge on any atom is -0.473 e. The second-order valence-electron chi connectivity index (χ2n) is 5.97. The Balaban J connectivity index is 1.66. The minimum absolute atomic E-state index is 0.467. The number of nitrogens with one attached hydrogen (secondary N) is 1. The molecule has 4 rings (SSSR count). The molecule has 0 saturated carbocycles. The fourth-order valence-electron chi connectivity index (χ4n) is 2.82. The summed E-state index contributed by atoms with van der Waals surface area (Å²) in [4.78, 5) is 8.94. The molecule has 1 aliphatic heterocycles. The van der Waals surface area contributed by atoms with Crippen LogP contribution < -0.4 is 10.1 Å². The number of aromatic nitrogens is 3. The second-order valence-corrected chi connectivity index (χ2v) is 5.97. The molecule has 0 fully saturated rings. The molecule has 0 spiro atoms. The Morgan fingerprint density at radius 1 is 1.33 bits per heavy atom. The second kappa shape index (κ2) is 5.63. The number of ether oxygens (including phenoxy) is 1. The molecule has 0 aliphatic carbocycles. The summed E-state index contributed by atoms with van der Waals surface area (Å²) in [5, 5.41) is 8.61. The van der Waals surface area contributed by atoms with Gasteiger partial charge in [-0.2, -0.15) is 0 Å². The maximum atomic E-state index is 7.91. The zero-order chi connectivity index (χ0) is 17.6. The summed E-state index contributed by atoms with van der Waals surface area (Å²) < 4.78 is 15.3. The van der Waals surface area contributed by atoms with Crippen molar-refractivity contribution < 1.29 is 6.11 Å². The number of nitrogens with zero attached hydrogens (tertiary/aromatic N) is 4. The third-order valence-corrected chi connectivity index (χ3v) is 3.90. The molecule has 0 bridgehead atoms. The molecule has 0 radical (unpaired) electrons. The van der Waals surface area contributed by atoms with Crippen LogP contribution in [0.1, 0.15) is 26.5 Å². The monoisotopic (exact) mass is 322 g/mol. The van der Waals surface area contributed by atoms with Gasteiger partial charge in [0.1, 0.15) is 5.69 Å². The maximum absolute atomic E-state index is 7.91. The highest BCUT2D eigenvalue weighted by atomic mass is 16.5. The molecule has 6 heteroatoms. The molecular formula is C18H19N5O. The van der Waals surface area contributed by atoms with Crippen molar-refractivity contribution in [3.8, 4) is 5.88 Å². The summed E-state index contributed by atoms with van der Waals surface area (Å²) in [6.07, 6.45) is 0.740. The molecule has 24 heavy (non-hydrogen) atoms. The fourth-order valence-corrected chi connectivity index (χ4v) is 2.82. The lowest BCUT2D eigenvalue weighted by molar-refractivity contribution is 0.233. The number of aryl methyl sites for hydroxylation is 1. The number of anilines is 1. The van der Waals surface area contributed by atoms with E-state index in [0.717, 1.165) is 33.7 Å². The van der Waals surface area contributed by atoms with E-state index < -0.39 is 6.08 Å². The Kier molecular flexibility index (Phi) is 3.18. The van der Waals surface area contributed by atoms with E-state index in [1.165, 1.54) is 0 Å². The highest BCUT2D eigenvalue weighted by Gasteiger charge is 2.18. The van der Waals surface area contributed by atoms with E-state index in [0.29, 0.717) is 12.4 Å². The number of amidine groups is 1. The Labute approximate surface area is 141 Å². The summed E-state index contributed by atoms with van der Waals surface area (Å²) in [6.45, 7) is 4.02. The van der Waals surface area contributed by atoms with E-state index in [1.54, 1.807) is 24.7 Å². The van der Waals surface area contributed by atoms with E-state index in [-0.39, 0.29) is 0 Å². The topological polar surface area (TPSA) is 64.3 Å². The van der Waals surface area contributed by atoms with Crippen molar-refractivity contribution in [2.45, 2.75) is 26.5 Å². The van der Waals surface area contributed by atoms with E-state index in [2.05, 4.69) is 20.4 Å². The minimum atomic E-state index is -1.04. The average molecular weight is 322 g/mol. The predicted octanol–water partition coefficient (Wildman–Crippen LogP) is 3.13. The number of rotatable bonds is 3. The van der Waals surface area contributed by atoms with Gasteiger partial charge in [-0.15, -0.1) is 5.10 Å². The van der Waals surface area contributed by atoms with Gasteiger partial charge in [0, 0.05) is 24.5 Å². The Morgan fingerprint density at radius 3 is 3.04 bits per heavy atom. The van der Waals surface area contributed by atoms with Crippen LogP contribution in [-0.2, 0) is 13.6 Å². The molecule has 6 nitrogen and oxygen atoms in total. The lowest BCUT2D eigenvalue weighted by Crippen LogP contribution is -2.13. The van der Waals surface area contributed by atoms with Crippen LogP contribution in [0, 0.1) is 0 Å². The number of benzene rings is 1. The summed E-state index contributed by atoms with van der Waals surface area (Å²) in [7, 11) is 1.86. The molecule has 1 aromatic carbocycles. The van der Waals surface area contributed by atoms with Crippen molar-refractivity contribution in [3.63, 3.8) is 0 Å². The summed E-state index contributed by atoms with van der Waals surface area (Å²) in [6, 6.07) is 9.86. The van der Waals surface area contributed by atoms with Crippen LogP contribution in [0.2, 0.25) is 0 Å². The summed E-state index contributed by atoms with van der Waals surface area (Å²) in [5.41, 5.74) is 3.85. The third-order valence-electron chi connectivity index (χ3n) is 3.90. The predicted molar refractivity (Wildman–Crippen MR) is 94.6 cm³/mol. The van der Waals surface area contributed by atoms with Gasteiger partial charge in [-0.25, -0.2) is 0 Å². The number of fused-ring (bicyclic) bond motifs is 2. The van der Waals surface area contributed by atoms with Gasteiger partial charge >= 0.3 is 0 Å². The van der Waals surface area contributed by atoms with Crippen molar-refractivity contribution in [1.29, 1.82) is 0 Å². The molecule has 1 N–H and O–H groups in total. The SMILES string of the molecule is [2H]C(C)(C)Oc1nn(C)c2cc(NC3=NCc4cccnc43)ccc12. The first-order valence-corrected chi connectivity index (χ1v) is 7.82. The number of hydrogen-bond acceptors (Lipinski definition) is 5. The van der Waals surface area contributed by atoms with Gasteiger partial charge in [-0.1, -0.05) is 6.07 Å². The van der Waals surface area contributed by atoms with E-state index in [1.807, 2.05) is 37.4 Å².